The summed E-state index contributed by atoms with van der Waals surface area (Å²) < 4.78 is 6.55. The SMILES string of the molecule is c1ccc(-c2ccc(N(c3ccccc3)c3cc(-c4ccccc4)cc4c3oc3ccccc34)cc2)cc1. The molecule has 0 bridgehead atoms. The summed E-state index contributed by atoms with van der Waals surface area (Å²) in [5, 5.41) is 2.23. The lowest BCUT2D eigenvalue weighted by Gasteiger charge is -2.26. The van der Waals surface area contributed by atoms with Gasteiger partial charge in [0.15, 0.2) is 5.58 Å². The third kappa shape index (κ3) is 3.93. The average molecular weight is 488 g/mol. The van der Waals surface area contributed by atoms with E-state index in [9.17, 15) is 0 Å². The molecule has 0 aliphatic carbocycles. The molecule has 2 nitrogen and oxygen atoms in total. The van der Waals surface area contributed by atoms with E-state index in [4.69, 9.17) is 4.42 Å². The zero-order valence-corrected chi connectivity index (χ0v) is 20.8. The van der Waals surface area contributed by atoms with Gasteiger partial charge in [0.1, 0.15) is 5.58 Å². The molecule has 0 saturated heterocycles. The zero-order valence-electron chi connectivity index (χ0n) is 20.8. The van der Waals surface area contributed by atoms with Crippen molar-refractivity contribution in [2.45, 2.75) is 0 Å². The molecule has 180 valence electrons. The van der Waals surface area contributed by atoms with Crippen molar-refractivity contribution < 1.29 is 4.42 Å². The Balaban J connectivity index is 1.48. The first-order valence-electron chi connectivity index (χ1n) is 12.9. The van der Waals surface area contributed by atoms with E-state index in [0.717, 1.165) is 44.6 Å². The standard InChI is InChI=1S/C36H25NO/c1-4-12-26(13-5-1)28-20-22-31(23-21-28)37(30-16-8-3-9-17-30)34-25-29(27-14-6-2-7-15-27)24-33-32-18-10-11-19-35(32)38-36(33)34/h1-25H. The van der Waals surface area contributed by atoms with E-state index < -0.39 is 0 Å². The second-order valence-electron chi connectivity index (χ2n) is 9.42. The Bertz CT molecular complexity index is 1840. The van der Waals surface area contributed by atoms with Crippen LogP contribution in [0.4, 0.5) is 17.1 Å². The van der Waals surface area contributed by atoms with Crippen LogP contribution in [0.3, 0.4) is 0 Å². The van der Waals surface area contributed by atoms with Gasteiger partial charge in [-0.05, 0) is 64.7 Å². The van der Waals surface area contributed by atoms with Crippen LogP contribution in [0, 0.1) is 0 Å². The van der Waals surface area contributed by atoms with Crippen LogP contribution in [0.2, 0.25) is 0 Å². The summed E-state index contributed by atoms with van der Waals surface area (Å²) in [6, 6.07) is 53.1. The average Bonchev–Trinajstić information content (AvgIpc) is 3.38. The van der Waals surface area contributed by atoms with Gasteiger partial charge in [0.25, 0.3) is 0 Å². The fraction of sp³-hybridized carbons (Fsp3) is 0. The van der Waals surface area contributed by atoms with Gasteiger partial charge in [0.2, 0.25) is 0 Å². The maximum Gasteiger partial charge on any atom is 0.159 e. The van der Waals surface area contributed by atoms with Gasteiger partial charge in [-0.15, -0.1) is 0 Å². The summed E-state index contributed by atoms with van der Waals surface area (Å²) in [5.41, 5.74) is 9.65. The highest BCUT2D eigenvalue weighted by atomic mass is 16.3. The molecule has 0 atom stereocenters. The first-order valence-corrected chi connectivity index (χ1v) is 12.9. The number of rotatable bonds is 5. The van der Waals surface area contributed by atoms with Crippen LogP contribution in [0.1, 0.15) is 0 Å². The molecule has 0 amide bonds. The van der Waals surface area contributed by atoms with Crippen molar-refractivity contribution in [1.82, 2.24) is 0 Å². The summed E-state index contributed by atoms with van der Waals surface area (Å²) >= 11 is 0. The number of anilines is 3. The Morgan fingerprint density at radius 1 is 0.395 bits per heavy atom. The Labute approximate surface area is 222 Å². The molecule has 0 radical (unpaired) electrons. The molecule has 0 aliphatic heterocycles. The van der Waals surface area contributed by atoms with Crippen LogP contribution in [0.5, 0.6) is 0 Å². The maximum atomic E-state index is 6.55. The summed E-state index contributed by atoms with van der Waals surface area (Å²) in [4.78, 5) is 2.30. The number of para-hydroxylation sites is 2. The summed E-state index contributed by atoms with van der Waals surface area (Å²) in [6.07, 6.45) is 0. The van der Waals surface area contributed by atoms with Crippen LogP contribution in [0.15, 0.2) is 156 Å². The number of benzene rings is 6. The number of nitrogens with zero attached hydrogens (tertiary/aromatic N) is 1. The molecule has 2 heteroatoms. The summed E-state index contributed by atoms with van der Waals surface area (Å²) in [7, 11) is 0. The number of hydrogen-bond acceptors (Lipinski definition) is 2. The van der Waals surface area contributed by atoms with Crippen molar-refractivity contribution in [3.05, 3.63) is 152 Å². The van der Waals surface area contributed by atoms with Gasteiger partial charge in [-0.3, -0.25) is 0 Å². The quantitative estimate of drug-likeness (QED) is 0.240. The van der Waals surface area contributed by atoms with Crippen molar-refractivity contribution in [2.75, 3.05) is 4.90 Å². The highest BCUT2D eigenvalue weighted by molar-refractivity contribution is 6.12. The van der Waals surface area contributed by atoms with Gasteiger partial charge in [0.05, 0.1) is 5.69 Å². The van der Waals surface area contributed by atoms with E-state index in [1.165, 1.54) is 16.7 Å². The fourth-order valence-corrected chi connectivity index (χ4v) is 5.21. The highest BCUT2D eigenvalue weighted by Gasteiger charge is 2.21. The molecule has 7 rings (SSSR count). The van der Waals surface area contributed by atoms with E-state index in [1.807, 2.05) is 18.2 Å². The second-order valence-corrected chi connectivity index (χ2v) is 9.42. The minimum absolute atomic E-state index is 0.877. The van der Waals surface area contributed by atoms with Gasteiger partial charge in [-0.1, -0.05) is 109 Å². The Hall–Kier alpha value is -5.08. The van der Waals surface area contributed by atoms with Crippen molar-refractivity contribution in [3.8, 4) is 22.3 Å². The maximum absolute atomic E-state index is 6.55. The molecule has 0 saturated carbocycles. The number of furan rings is 1. The lowest BCUT2D eigenvalue weighted by atomic mass is 10.00. The Morgan fingerprint density at radius 2 is 0.921 bits per heavy atom. The van der Waals surface area contributed by atoms with E-state index >= 15 is 0 Å². The molecule has 6 aromatic carbocycles. The molecule has 38 heavy (non-hydrogen) atoms. The fourth-order valence-electron chi connectivity index (χ4n) is 5.21. The van der Waals surface area contributed by atoms with Gasteiger partial charge in [-0.25, -0.2) is 0 Å². The first-order chi connectivity index (χ1) is 18.8. The molecule has 0 spiro atoms. The molecule has 0 N–H and O–H groups in total. The lowest BCUT2D eigenvalue weighted by molar-refractivity contribution is 0.669. The van der Waals surface area contributed by atoms with Crippen LogP contribution < -0.4 is 4.90 Å². The molecule has 0 fully saturated rings. The molecular weight excluding hydrogens is 462 g/mol. The van der Waals surface area contributed by atoms with E-state index in [-0.39, 0.29) is 0 Å². The third-order valence-corrected chi connectivity index (χ3v) is 7.05. The van der Waals surface area contributed by atoms with Gasteiger partial charge >= 0.3 is 0 Å². The van der Waals surface area contributed by atoms with Gasteiger partial charge < -0.3 is 9.32 Å². The predicted octanol–water partition coefficient (Wildman–Crippen LogP) is 10.4. The minimum atomic E-state index is 0.877. The lowest BCUT2D eigenvalue weighted by Crippen LogP contribution is -2.10. The van der Waals surface area contributed by atoms with Gasteiger partial charge in [0, 0.05) is 22.1 Å². The summed E-state index contributed by atoms with van der Waals surface area (Å²) in [6.45, 7) is 0. The number of hydrogen-bond donors (Lipinski definition) is 0. The molecule has 0 unspecified atom stereocenters. The molecule has 1 aromatic heterocycles. The normalized spacial score (nSPS) is 11.2. The van der Waals surface area contributed by atoms with E-state index in [1.54, 1.807) is 0 Å². The van der Waals surface area contributed by atoms with Crippen LogP contribution in [-0.2, 0) is 0 Å². The van der Waals surface area contributed by atoms with Crippen LogP contribution in [0.25, 0.3) is 44.2 Å². The second kappa shape index (κ2) is 9.42. The van der Waals surface area contributed by atoms with Crippen molar-refractivity contribution in [1.29, 1.82) is 0 Å². The predicted molar refractivity (Wildman–Crippen MR) is 159 cm³/mol. The first kappa shape index (κ1) is 22.1. The van der Waals surface area contributed by atoms with Gasteiger partial charge in [-0.2, -0.15) is 0 Å². The van der Waals surface area contributed by atoms with E-state index in [2.05, 4.69) is 138 Å². The monoisotopic (exact) mass is 487 g/mol. The largest absolute Gasteiger partial charge is 0.454 e. The van der Waals surface area contributed by atoms with Crippen molar-refractivity contribution in [3.63, 3.8) is 0 Å². The molecular formula is C36H25NO. The topological polar surface area (TPSA) is 16.4 Å². The zero-order chi connectivity index (χ0) is 25.3. The molecule has 7 aromatic rings. The smallest absolute Gasteiger partial charge is 0.159 e. The number of fused-ring (bicyclic) bond motifs is 3. The molecule has 1 heterocycles. The van der Waals surface area contributed by atoms with Crippen LogP contribution >= 0.6 is 0 Å². The Kier molecular flexibility index (Phi) is 5.49. The van der Waals surface area contributed by atoms with Crippen molar-refractivity contribution >= 4 is 39.0 Å². The third-order valence-electron chi connectivity index (χ3n) is 7.05. The highest BCUT2D eigenvalue weighted by Crippen LogP contribution is 2.44. The van der Waals surface area contributed by atoms with Crippen molar-refractivity contribution in [2.24, 2.45) is 0 Å². The molecule has 0 aliphatic rings. The van der Waals surface area contributed by atoms with Crippen LogP contribution in [-0.4, -0.2) is 0 Å². The summed E-state index contributed by atoms with van der Waals surface area (Å²) in [5.74, 6) is 0. The van der Waals surface area contributed by atoms with E-state index in [0.29, 0.717) is 0 Å². The Morgan fingerprint density at radius 3 is 1.61 bits per heavy atom. The minimum Gasteiger partial charge on any atom is -0.454 e.